The minimum absolute atomic E-state index is 0.229. The molecule has 3 unspecified atom stereocenters. The zero-order valence-electron chi connectivity index (χ0n) is 14.3. The summed E-state index contributed by atoms with van der Waals surface area (Å²) in [5.74, 6) is 0.170. The monoisotopic (exact) mass is 349 g/mol. The Morgan fingerprint density at radius 1 is 1.12 bits per heavy atom. The molecule has 0 saturated carbocycles. The van der Waals surface area contributed by atoms with Gasteiger partial charge >= 0.3 is 0 Å². The van der Waals surface area contributed by atoms with Gasteiger partial charge in [0.2, 0.25) is 0 Å². The molecular formula is C18H27N3O4. The molecule has 2 heterocycles. The van der Waals surface area contributed by atoms with Crippen LogP contribution in [0, 0.1) is 5.92 Å². The molecule has 0 aromatic heterocycles. The van der Waals surface area contributed by atoms with Crippen molar-refractivity contribution in [3.05, 3.63) is 29.8 Å². The Morgan fingerprint density at radius 3 is 2.40 bits per heavy atom. The van der Waals surface area contributed by atoms with Crippen molar-refractivity contribution in [1.82, 2.24) is 10.6 Å². The molecule has 1 amide bonds. The second-order valence-corrected chi connectivity index (χ2v) is 6.94. The van der Waals surface area contributed by atoms with Crippen molar-refractivity contribution < 1.29 is 20.1 Å². The number of anilines is 1. The van der Waals surface area contributed by atoms with Crippen molar-refractivity contribution in [1.29, 1.82) is 0 Å². The molecule has 0 bridgehead atoms. The molecule has 3 atom stereocenters. The minimum atomic E-state index is -0.945. The first-order valence-electron chi connectivity index (χ1n) is 8.95. The zero-order chi connectivity index (χ0) is 17.8. The Hall–Kier alpha value is -1.67. The third kappa shape index (κ3) is 4.49. The highest BCUT2D eigenvalue weighted by Crippen LogP contribution is 2.23. The van der Waals surface area contributed by atoms with Crippen LogP contribution in [0.3, 0.4) is 0 Å². The fourth-order valence-electron chi connectivity index (χ4n) is 3.49. The quantitative estimate of drug-likeness (QED) is 0.525. The lowest BCUT2D eigenvalue weighted by Gasteiger charge is -2.33. The summed E-state index contributed by atoms with van der Waals surface area (Å²) in [4.78, 5) is 14.6. The molecule has 2 saturated heterocycles. The van der Waals surface area contributed by atoms with Gasteiger partial charge in [0.1, 0.15) is 12.5 Å². The van der Waals surface area contributed by atoms with Crippen molar-refractivity contribution in [2.24, 2.45) is 5.92 Å². The first-order valence-corrected chi connectivity index (χ1v) is 8.95. The van der Waals surface area contributed by atoms with Crippen LogP contribution in [-0.4, -0.2) is 59.4 Å². The second kappa shape index (κ2) is 8.14. The van der Waals surface area contributed by atoms with Gasteiger partial charge in [0.25, 0.3) is 5.91 Å². The normalized spacial score (nSPS) is 28.0. The highest BCUT2D eigenvalue weighted by molar-refractivity contribution is 5.94. The molecule has 2 aliphatic rings. The third-order valence-corrected chi connectivity index (χ3v) is 5.18. The third-order valence-electron chi connectivity index (χ3n) is 5.18. The van der Waals surface area contributed by atoms with Gasteiger partial charge in [0, 0.05) is 30.9 Å². The molecule has 25 heavy (non-hydrogen) atoms. The summed E-state index contributed by atoms with van der Waals surface area (Å²) in [6.07, 6.45) is 1.31. The number of benzene rings is 1. The second-order valence-electron chi connectivity index (χ2n) is 6.94. The maximum absolute atomic E-state index is 12.4. The number of aliphatic hydroxyl groups is 3. The maximum atomic E-state index is 12.4. The summed E-state index contributed by atoms with van der Waals surface area (Å²) in [5, 5.41) is 34.0. The van der Waals surface area contributed by atoms with E-state index in [1.54, 1.807) is 12.1 Å². The molecule has 0 spiro atoms. The number of amides is 1. The van der Waals surface area contributed by atoms with Crippen LogP contribution >= 0.6 is 0 Å². The van der Waals surface area contributed by atoms with E-state index in [1.807, 2.05) is 12.1 Å². The average molecular weight is 349 g/mol. The van der Waals surface area contributed by atoms with Gasteiger partial charge in [-0.1, -0.05) is 0 Å². The smallest absolute Gasteiger partial charge is 0.251 e. The molecule has 5 N–H and O–H groups in total. The SMILES string of the molecule is O=C(NC1CCC(O)NC1O)c1ccc(N2CCC(CO)CC2)cc1. The molecule has 1 aromatic carbocycles. The summed E-state index contributed by atoms with van der Waals surface area (Å²) >= 11 is 0. The highest BCUT2D eigenvalue weighted by atomic mass is 16.3. The Balaban J connectivity index is 1.56. The number of aliphatic hydroxyl groups excluding tert-OH is 3. The fraction of sp³-hybridized carbons (Fsp3) is 0.611. The summed E-state index contributed by atoms with van der Waals surface area (Å²) in [6, 6.07) is 7.05. The van der Waals surface area contributed by atoms with E-state index in [1.165, 1.54) is 0 Å². The van der Waals surface area contributed by atoms with E-state index in [4.69, 9.17) is 0 Å². The first-order chi connectivity index (χ1) is 12.1. The Labute approximate surface area is 147 Å². The standard InChI is InChI=1S/C18H27N3O4/c22-11-12-7-9-21(10-8-12)14-3-1-13(2-4-14)17(24)19-15-5-6-16(23)20-18(15)25/h1-4,12,15-16,18,20,22-23,25H,5-11H2,(H,19,24). The Kier molecular flexibility index (Phi) is 5.90. The van der Waals surface area contributed by atoms with Crippen molar-refractivity contribution in [2.45, 2.75) is 44.2 Å². The van der Waals surface area contributed by atoms with E-state index >= 15 is 0 Å². The van der Waals surface area contributed by atoms with Gasteiger partial charge in [-0.25, -0.2) is 0 Å². The van der Waals surface area contributed by atoms with Gasteiger partial charge in [-0.2, -0.15) is 0 Å². The van der Waals surface area contributed by atoms with Gasteiger partial charge < -0.3 is 25.5 Å². The number of hydrogen-bond donors (Lipinski definition) is 5. The van der Waals surface area contributed by atoms with Crippen LogP contribution in [0.5, 0.6) is 0 Å². The molecule has 1 aromatic rings. The van der Waals surface area contributed by atoms with Gasteiger partial charge in [-0.15, -0.1) is 0 Å². The van der Waals surface area contributed by atoms with Crippen molar-refractivity contribution in [2.75, 3.05) is 24.6 Å². The number of nitrogens with zero attached hydrogens (tertiary/aromatic N) is 1. The van der Waals surface area contributed by atoms with Crippen LogP contribution < -0.4 is 15.5 Å². The predicted octanol–water partition coefficient (Wildman–Crippen LogP) is 0.0139. The van der Waals surface area contributed by atoms with Gasteiger partial charge in [-0.05, 0) is 55.9 Å². The average Bonchev–Trinajstić information content (AvgIpc) is 2.64. The van der Waals surface area contributed by atoms with E-state index < -0.39 is 18.5 Å². The lowest BCUT2D eigenvalue weighted by molar-refractivity contribution is -0.0161. The predicted molar refractivity (Wildman–Crippen MR) is 94.1 cm³/mol. The number of hydrogen-bond acceptors (Lipinski definition) is 6. The van der Waals surface area contributed by atoms with Gasteiger partial charge in [0.15, 0.2) is 0 Å². The molecule has 2 aliphatic heterocycles. The highest BCUT2D eigenvalue weighted by Gasteiger charge is 2.28. The lowest BCUT2D eigenvalue weighted by atomic mass is 9.97. The van der Waals surface area contributed by atoms with E-state index in [0.29, 0.717) is 24.3 Å². The largest absolute Gasteiger partial charge is 0.396 e. The number of nitrogens with one attached hydrogen (secondary N) is 2. The number of piperidine rings is 2. The fourth-order valence-corrected chi connectivity index (χ4v) is 3.49. The minimum Gasteiger partial charge on any atom is -0.396 e. The molecule has 0 radical (unpaired) electrons. The van der Waals surface area contributed by atoms with Crippen molar-refractivity contribution >= 4 is 11.6 Å². The van der Waals surface area contributed by atoms with E-state index in [9.17, 15) is 20.1 Å². The molecule has 7 nitrogen and oxygen atoms in total. The van der Waals surface area contributed by atoms with Crippen molar-refractivity contribution in [3.63, 3.8) is 0 Å². The van der Waals surface area contributed by atoms with Crippen LogP contribution in [-0.2, 0) is 0 Å². The number of rotatable bonds is 4. The molecular weight excluding hydrogens is 322 g/mol. The molecule has 7 heteroatoms. The van der Waals surface area contributed by atoms with Crippen LogP contribution in [0.2, 0.25) is 0 Å². The van der Waals surface area contributed by atoms with Crippen LogP contribution in [0.4, 0.5) is 5.69 Å². The summed E-state index contributed by atoms with van der Waals surface area (Å²) in [7, 11) is 0. The molecule has 3 rings (SSSR count). The van der Waals surface area contributed by atoms with E-state index in [-0.39, 0.29) is 12.5 Å². The van der Waals surface area contributed by atoms with Crippen LogP contribution in [0.25, 0.3) is 0 Å². The lowest BCUT2D eigenvalue weighted by Crippen LogP contribution is -2.56. The summed E-state index contributed by atoms with van der Waals surface area (Å²) in [6.45, 7) is 2.09. The summed E-state index contributed by atoms with van der Waals surface area (Å²) < 4.78 is 0. The van der Waals surface area contributed by atoms with Crippen molar-refractivity contribution in [3.8, 4) is 0 Å². The summed E-state index contributed by atoms with van der Waals surface area (Å²) in [5.41, 5.74) is 1.63. The maximum Gasteiger partial charge on any atom is 0.251 e. The Morgan fingerprint density at radius 2 is 1.80 bits per heavy atom. The number of carbonyl (C=O) groups excluding carboxylic acids is 1. The van der Waals surface area contributed by atoms with Crippen LogP contribution in [0.15, 0.2) is 24.3 Å². The van der Waals surface area contributed by atoms with E-state index in [2.05, 4.69) is 15.5 Å². The van der Waals surface area contributed by atoms with E-state index in [0.717, 1.165) is 31.6 Å². The Bertz CT molecular complexity index is 572. The number of carbonyl (C=O) groups is 1. The van der Waals surface area contributed by atoms with Gasteiger partial charge in [-0.3, -0.25) is 10.1 Å². The first kappa shape index (κ1) is 18.1. The topological polar surface area (TPSA) is 105 Å². The zero-order valence-corrected chi connectivity index (χ0v) is 14.3. The molecule has 138 valence electrons. The molecule has 2 fully saturated rings. The van der Waals surface area contributed by atoms with Crippen LogP contribution in [0.1, 0.15) is 36.0 Å². The van der Waals surface area contributed by atoms with Gasteiger partial charge in [0.05, 0.1) is 6.04 Å². The molecule has 0 aliphatic carbocycles.